The Bertz CT molecular complexity index is 932. The number of hydrogen-bond donors (Lipinski definition) is 1. The topological polar surface area (TPSA) is 84.0 Å². The fourth-order valence-electron chi connectivity index (χ4n) is 4.80. The Balaban J connectivity index is 1.32. The van der Waals surface area contributed by atoms with Crippen LogP contribution in [-0.2, 0) is 20.8 Å². The predicted octanol–water partition coefficient (Wildman–Crippen LogP) is 2.41. The van der Waals surface area contributed by atoms with Crippen molar-refractivity contribution in [2.75, 3.05) is 46.5 Å². The van der Waals surface area contributed by atoms with Crippen LogP contribution >= 0.6 is 0 Å². The number of nitrogens with one attached hydrogen (secondary N) is 1. The molecule has 0 bridgehead atoms. The van der Waals surface area contributed by atoms with Crippen LogP contribution in [0, 0.1) is 0 Å². The van der Waals surface area contributed by atoms with Gasteiger partial charge in [0.25, 0.3) is 0 Å². The van der Waals surface area contributed by atoms with Gasteiger partial charge in [-0.3, -0.25) is 14.7 Å². The Labute approximate surface area is 201 Å². The van der Waals surface area contributed by atoms with Crippen LogP contribution in [0.15, 0.2) is 48.8 Å². The minimum Gasteiger partial charge on any atom is -0.465 e. The van der Waals surface area contributed by atoms with Crippen LogP contribution in [0.3, 0.4) is 0 Å². The van der Waals surface area contributed by atoms with E-state index in [9.17, 15) is 9.59 Å². The lowest BCUT2D eigenvalue weighted by Gasteiger charge is -2.38. The first kappa shape index (κ1) is 24.3. The first-order chi connectivity index (χ1) is 16.7. The minimum absolute atomic E-state index is 0.128. The van der Waals surface area contributed by atoms with Crippen molar-refractivity contribution in [3.63, 3.8) is 0 Å². The molecule has 8 nitrogen and oxygen atoms in total. The van der Waals surface area contributed by atoms with E-state index in [-0.39, 0.29) is 24.0 Å². The molecule has 0 spiro atoms. The van der Waals surface area contributed by atoms with E-state index in [2.05, 4.69) is 26.2 Å². The van der Waals surface area contributed by atoms with Gasteiger partial charge in [0.05, 0.1) is 31.9 Å². The van der Waals surface area contributed by atoms with E-state index in [1.54, 1.807) is 18.3 Å². The number of ether oxygens (including phenoxy) is 2. The van der Waals surface area contributed by atoms with Gasteiger partial charge in [0, 0.05) is 51.0 Å². The van der Waals surface area contributed by atoms with Gasteiger partial charge in [0.2, 0.25) is 5.91 Å². The van der Waals surface area contributed by atoms with Crippen molar-refractivity contribution < 1.29 is 19.1 Å². The molecule has 2 aromatic rings. The Hall–Kier alpha value is -2.81. The van der Waals surface area contributed by atoms with E-state index in [0.717, 1.165) is 56.8 Å². The number of nitrogens with zero attached hydrogens (tertiary/aromatic N) is 3. The lowest BCUT2D eigenvalue weighted by Crippen LogP contribution is -2.46. The van der Waals surface area contributed by atoms with E-state index in [0.29, 0.717) is 25.1 Å². The molecule has 0 aliphatic carbocycles. The van der Waals surface area contributed by atoms with Crippen molar-refractivity contribution >= 4 is 11.9 Å². The number of carbonyl (C=O) groups excluding carboxylic acids is 2. The van der Waals surface area contributed by atoms with Gasteiger partial charge in [-0.25, -0.2) is 4.79 Å². The van der Waals surface area contributed by atoms with Crippen LogP contribution in [-0.4, -0.2) is 79.2 Å². The van der Waals surface area contributed by atoms with Gasteiger partial charge in [-0.05, 0) is 48.7 Å². The third-order valence-corrected chi connectivity index (χ3v) is 6.74. The summed E-state index contributed by atoms with van der Waals surface area (Å²) in [6.45, 7) is 5.39. The number of hydrogen-bond acceptors (Lipinski definition) is 7. The molecule has 0 saturated carbocycles. The number of benzene rings is 1. The minimum atomic E-state index is -0.327. The number of likely N-dealkylation sites (tertiary alicyclic amines) is 1. The van der Waals surface area contributed by atoms with E-state index < -0.39 is 0 Å². The molecule has 3 heterocycles. The second-order valence-electron chi connectivity index (χ2n) is 8.84. The van der Waals surface area contributed by atoms with Crippen molar-refractivity contribution in [3.05, 3.63) is 65.5 Å². The normalized spacial score (nSPS) is 19.9. The molecule has 2 atom stereocenters. The molecule has 2 fully saturated rings. The molecular weight excluding hydrogens is 432 g/mol. The highest BCUT2D eigenvalue weighted by molar-refractivity contribution is 5.89. The van der Waals surface area contributed by atoms with Gasteiger partial charge in [-0.1, -0.05) is 18.2 Å². The average Bonchev–Trinajstić information content (AvgIpc) is 3.24. The number of methoxy groups -OCH3 is 1. The summed E-state index contributed by atoms with van der Waals surface area (Å²) in [6, 6.07) is 11.9. The summed E-state index contributed by atoms with van der Waals surface area (Å²) < 4.78 is 10.3. The molecule has 2 aliphatic rings. The number of rotatable bonds is 10. The summed E-state index contributed by atoms with van der Waals surface area (Å²) in [6.07, 6.45) is 6.13. The smallest absolute Gasteiger partial charge is 0.337 e. The van der Waals surface area contributed by atoms with E-state index in [1.165, 1.54) is 7.11 Å². The van der Waals surface area contributed by atoms with Crippen LogP contribution in [0.1, 0.15) is 46.8 Å². The maximum Gasteiger partial charge on any atom is 0.337 e. The summed E-state index contributed by atoms with van der Waals surface area (Å²) in [5.41, 5.74) is 2.81. The van der Waals surface area contributed by atoms with Gasteiger partial charge >= 0.3 is 5.97 Å². The molecule has 8 heteroatoms. The van der Waals surface area contributed by atoms with Crippen molar-refractivity contribution in [1.82, 2.24) is 20.1 Å². The fraction of sp³-hybridized carbons (Fsp3) is 0.500. The number of aromatic nitrogens is 1. The Morgan fingerprint density at radius 2 is 2.03 bits per heavy atom. The largest absolute Gasteiger partial charge is 0.465 e. The Kier molecular flexibility index (Phi) is 8.62. The highest BCUT2D eigenvalue weighted by Gasteiger charge is 2.34. The predicted molar refractivity (Wildman–Crippen MR) is 128 cm³/mol. The Morgan fingerprint density at radius 1 is 1.24 bits per heavy atom. The molecule has 1 aromatic carbocycles. The SMILES string of the molecule is COC(=O)c1ccc(CNCC[C@H]2CCC(=O)N2C[C@H](c2cccnc2)N2CCOCC2)cc1. The van der Waals surface area contributed by atoms with Crippen molar-refractivity contribution in [2.24, 2.45) is 0 Å². The molecule has 1 aromatic heterocycles. The summed E-state index contributed by atoms with van der Waals surface area (Å²) in [4.78, 5) is 33.2. The van der Waals surface area contributed by atoms with Crippen LogP contribution in [0.5, 0.6) is 0 Å². The summed E-state index contributed by atoms with van der Waals surface area (Å²) in [7, 11) is 1.38. The van der Waals surface area contributed by atoms with Crippen LogP contribution in [0.2, 0.25) is 0 Å². The first-order valence-electron chi connectivity index (χ1n) is 12.0. The fourth-order valence-corrected chi connectivity index (χ4v) is 4.80. The zero-order valence-electron chi connectivity index (χ0n) is 19.8. The van der Waals surface area contributed by atoms with Crippen LogP contribution < -0.4 is 5.32 Å². The summed E-state index contributed by atoms with van der Waals surface area (Å²) >= 11 is 0. The molecule has 1 amide bonds. The van der Waals surface area contributed by atoms with Crippen molar-refractivity contribution in [1.29, 1.82) is 0 Å². The summed E-state index contributed by atoms with van der Waals surface area (Å²) in [5, 5.41) is 3.48. The highest BCUT2D eigenvalue weighted by atomic mass is 16.5. The monoisotopic (exact) mass is 466 g/mol. The third-order valence-electron chi connectivity index (χ3n) is 6.74. The Morgan fingerprint density at radius 3 is 2.74 bits per heavy atom. The van der Waals surface area contributed by atoms with Gasteiger partial charge in [0.1, 0.15) is 0 Å². The van der Waals surface area contributed by atoms with E-state index >= 15 is 0 Å². The molecular formula is C26H34N4O4. The third kappa shape index (κ3) is 6.20. The molecule has 0 unspecified atom stereocenters. The average molecular weight is 467 g/mol. The van der Waals surface area contributed by atoms with Crippen molar-refractivity contribution in [2.45, 2.75) is 37.9 Å². The number of esters is 1. The van der Waals surface area contributed by atoms with Crippen molar-refractivity contribution in [3.8, 4) is 0 Å². The summed E-state index contributed by atoms with van der Waals surface area (Å²) in [5.74, 6) is -0.0854. The molecule has 2 saturated heterocycles. The lowest BCUT2D eigenvalue weighted by atomic mass is 10.0. The zero-order valence-corrected chi connectivity index (χ0v) is 19.8. The number of carbonyl (C=O) groups is 2. The second-order valence-corrected chi connectivity index (χ2v) is 8.84. The number of amides is 1. The van der Waals surface area contributed by atoms with Crippen LogP contribution in [0.25, 0.3) is 0 Å². The molecule has 1 N–H and O–H groups in total. The van der Waals surface area contributed by atoms with E-state index in [4.69, 9.17) is 9.47 Å². The van der Waals surface area contributed by atoms with Gasteiger partial charge < -0.3 is 19.7 Å². The molecule has 34 heavy (non-hydrogen) atoms. The zero-order chi connectivity index (χ0) is 23.8. The maximum atomic E-state index is 12.8. The van der Waals surface area contributed by atoms with Gasteiger partial charge in [0.15, 0.2) is 0 Å². The maximum absolute atomic E-state index is 12.8. The molecule has 4 rings (SSSR count). The molecule has 2 aliphatic heterocycles. The number of pyridine rings is 1. The molecule has 0 radical (unpaired) electrons. The highest BCUT2D eigenvalue weighted by Crippen LogP contribution is 2.28. The second kappa shape index (κ2) is 12.1. The first-order valence-corrected chi connectivity index (χ1v) is 12.0. The quantitative estimate of drug-likeness (QED) is 0.425. The van der Waals surface area contributed by atoms with Gasteiger partial charge in [-0.15, -0.1) is 0 Å². The lowest BCUT2D eigenvalue weighted by molar-refractivity contribution is -0.130. The van der Waals surface area contributed by atoms with Crippen LogP contribution in [0.4, 0.5) is 0 Å². The standard InChI is InChI=1S/C26H34N4O4/c1-33-26(32)21-6-4-20(5-7-21)17-28-12-10-23-8-9-25(31)30(23)19-24(22-3-2-11-27-18-22)29-13-15-34-16-14-29/h2-7,11,18,23-24,28H,8-10,12-17,19H2,1H3/t23-,24-/m1/s1. The van der Waals surface area contributed by atoms with Gasteiger partial charge in [-0.2, -0.15) is 0 Å². The molecule has 182 valence electrons. The van der Waals surface area contributed by atoms with E-state index in [1.807, 2.05) is 24.4 Å². The number of morpholine rings is 1.